The molecule has 0 amide bonds. The van der Waals surface area contributed by atoms with Gasteiger partial charge in [0, 0.05) is 73.6 Å². The van der Waals surface area contributed by atoms with Crippen LogP contribution in [-0.2, 0) is 9.47 Å². The Morgan fingerprint density at radius 2 is 1.92 bits per heavy atom. The minimum absolute atomic E-state index is 0.0881. The van der Waals surface area contributed by atoms with Crippen LogP contribution in [0.1, 0.15) is 23.9 Å². The smallest absolute Gasteiger partial charge is 0.101 e. The molecule has 0 aliphatic carbocycles. The number of likely N-dealkylation sites (tertiary alicyclic amines) is 1. The minimum atomic E-state index is 0.0881. The van der Waals surface area contributed by atoms with Gasteiger partial charge in [0.2, 0.25) is 0 Å². The van der Waals surface area contributed by atoms with Crippen LogP contribution in [0.2, 0.25) is 0 Å². The normalized spacial score (nSPS) is 26.3. The van der Waals surface area contributed by atoms with E-state index in [0.29, 0.717) is 11.6 Å². The first-order valence-electron chi connectivity index (χ1n) is 13.2. The Bertz CT molecular complexity index is 1320. The topological polar surface area (TPSA) is 77.8 Å². The molecule has 3 saturated heterocycles. The van der Waals surface area contributed by atoms with E-state index in [4.69, 9.17) is 9.47 Å². The first-order chi connectivity index (χ1) is 18.0. The van der Waals surface area contributed by atoms with Crippen molar-refractivity contribution >= 4 is 22.3 Å². The third kappa shape index (κ3) is 4.75. The second-order valence-corrected chi connectivity index (χ2v) is 10.6. The number of ether oxygens (including phenoxy) is 2. The molecular weight excluding hydrogens is 464 g/mol. The van der Waals surface area contributed by atoms with E-state index in [1.54, 1.807) is 6.20 Å². The molecule has 0 radical (unpaired) electrons. The highest BCUT2D eigenvalue weighted by molar-refractivity contribution is 5.95. The Kier molecular flexibility index (Phi) is 6.45. The summed E-state index contributed by atoms with van der Waals surface area (Å²) in [5.41, 5.74) is 5.86. The van der Waals surface area contributed by atoms with Gasteiger partial charge in [0.15, 0.2) is 0 Å². The molecule has 0 spiro atoms. The van der Waals surface area contributed by atoms with Crippen molar-refractivity contribution in [2.24, 2.45) is 0 Å². The lowest BCUT2D eigenvalue weighted by atomic mass is 10.1. The van der Waals surface area contributed by atoms with Crippen LogP contribution in [0.15, 0.2) is 42.6 Å². The maximum absolute atomic E-state index is 9.54. The molecule has 3 aliphatic rings. The van der Waals surface area contributed by atoms with Gasteiger partial charge in [-0.2, -0.15) is 5.26 Å². The fourth-order valence-corrected chi connectivity index (χ4v) is 6.37. The number of aryl methyl sites for hydroxylation is 2. The highest BCUT2D eigenvalue weighted by Gasteiger charge is 2.41. The Morgan fingerprint density at radius 1 is 1.08 bits per heavy atom. The van der Waals surface area contributed by atoms with E-state index in [0.717, 1.165) is 73.9 Å². The van der Waals surface area contributed by atoms with Gasteiger partial charge in [0.05, 0.1) is 42.0 Å². The van der Waals surface area contributed by atoms with Gasteiger partial charge in [-0.1, -0.05) is 0 Å². The Balaban J connectivity index is 1.18. The number of pyridine rings is 2. The van der Waals surface area contributed by atoms with Crippen molar-refractivity contribution in [3.05, 3.63) is 59.5 Å². The fraction of sp³-hybridized carbons (Fsp3) is 0.483. The van der Waals surface area contributed by atoms with Gasteiger partial charge in [0.1, 0.15) is 6.07 Å². The quantitative estimate of drug-likeness (QED) is 0.542. The zero-order valence-corrected chi connectivity index (χ0v) is 21.8. The van der Waals surface area contributed by atoms with Crippen molar-refractivity contribution in [2.45, 2.75) is 45.1 Å². The zero-order valence-electron chi connectivity index (χ0n) is 21.8. The van der Waals surface area contributed by atoms with E-state index >= 15 is 0 Å². The van der Waals surface area contributed by atoms with Crippen molar-refractivity contribution in [1.29, 1.82) is 5.26 Å². The summed E-state index contributed by atoms with van der Waals surface area (Å²) in [6.07, 6.45) is 2.16. The number of benzene rings is 1. The van der Waals surface area contributed by atoms with Gasteiger partial charge in [-0.15, -0.1) is 0 Å². The Hall–Kier alpha value is -3.25. The number of rotatable bonds is 4. The van der Waals surface area contributed by atoms with Crippen molar-refractivity contribution in [3.8, 4) is 6.07 Å². The van der Waals surface area contributed by atoms with E-state index in [1.165, 1.54) is 5.69 Å². The van der Waals surface area contributed by atoms with Crippen molar-refractivity contribution in [3.63, 3.8) is 0 Å². The van der Waals surface area contributed by atoms with Crippen LogP contribution in [0.4, 0.5) is 11.4 Å². The first-order valence-corrected chi connectivity index (χ1v) is 13.2. The number of aromatic nitrogens is 2. The highest BCUT2D eigenvalue weighted by Crippen LogP contribution is 2.32. The summed E-state index contributed by atoms with van der Waals surface area (Å²) in [6, 6.07) is 15.0. The minimum Gasteiger partial charge on any atom is -0.373 e. The molecule has 0 bridgehead atoms. The first kappa shape index (κ1) is 24.1. The number of hydrogen-bond acceptors (Lipinski definition) is 8. The Morgan fingerprint density at radius 3 is 2.73 bits per heavy atom. The van der Waals surface area contributed by atoms with E-state index in [1.807, 2.05) is 12.1 Å². The van der Waals surface area contributed by atoms with Crippen LogP contribution >= 0.6 is 0 Å². The molecule has 8 heteroatoms. The van der Waals surface area contributed by atoms with Crippen LogP contribution in [0.5, 0.6) is 0 Å². The predicted molar refractivity (Wildman–Crippen MR) is 144 cm³/mol. The standard InChI is InChI=1S/C29H34N6O2/c1-19-11-23(12-20(2)32-19)35-9-10-36-28-18-33(17-27(28)35)15-24-16-34(14-21(3)37-24)26-7-6-22(13-30)29-25(26)5-4-8-31-29/h4-8,11-12,21,24,27-28H,9-10,14-18H2,1-3H3/t21-,24+,27-,28?/m1/s1. The van der Waals surface area contributed by atoms with Gasteiger partial charge in [-0.25, -0.2) is 0 Å². The number of anilines is 2. The summed E-state index contributed by atoms with van der Waals surface area (Å²) >= 11 is 0. The van der Waals surface area contributed by atoms with E-state index in [2.05, 4.69) is 75.8 Å². The van der Waals surface area contributed by atoms with Gasteiger partial charge < -0.3 is 19.3 Å². The van der Waals surface area contributed by atoms with Gasteiger partial charge in [0.25, 0.3) is 0 Å². The molecule has 192 valence electrons. The average molecular weight is 499 g/mol. The fourth-order valence-electron chi connectivity index (χ4n) is 6.37. The summed E-state index contributed by atoms with van der Waals surface area (Å²) in [4.78, 5) is 16.5. The molecule has 3 aliphatic heterocycles. The number of fused-ring (bicyclic) bond motifs is 2. The zero-order chi connectivity index (χ0) is 25.5. The molecule has 2 aromatic heterocycles. The van der Waals surface area contributed by atoms with Gasteiger partial charge in [-0.05, 0) is 57.2 Å². The third-order valence-electron chi connectivity index (χ3n) is 7.77. The van der Waals surface area contributed by atoms with Gasteiger partial charge in [-0.3, -0.25) is 14.9 Å². The van der Waals surface area contributed by atoms with Crippen molar-refractivity contribution in [1.82, 2.24) is 14.9 Å². The lowest BCUT2D eigenvalue weighted by molar-refractivity contribution is -0.0317. The van der Waals surface area contributed by atoms with E-state index < -0.39 is 0 Å². The largest absolute Gasteiger partial charge is 0.373 e. The SMILES string of the molecule is Cc1cc(N2CCOC3CN(C[C@H]4CN(c5ccc(C#N)c6ncccc56)C[C@@H](C)O4)C[C@H]32)cc(C)n1. The number of hydrogen-bond donors (Lipinski definition) is 0. The highest BCUT2D eigenvalue weighted by atomic mass is 16.5. The Labute approximate surface area is 218 Å². The maximum atomic E-state index is 9.54. The molecule has 3 fully saturated rings. The summed E-state index contributed by atoms with van der Waals surface area (Å²) in [7, 11) is 0. The molecule has 4 atom stereocenters. The van der Waals surface area contributed by atoms with Crippen molar-refractivity contribution in [2.75, 3.05) is 55.7 Å². The number of nitrogens with zero attached hydrogens (tertiary/aromatic N) is 6. The molecule has 0 N–H and O–H groups in total. The molecule has 1 aromatic carbocycles. The maximum Gasteiger partial charge on any atom is 0.101 e. The van der Waals surface area contributed by atoms with Crippen LogP contribution in [0.25, 0.3) is 10.9 Å². The van der Waals surface area contributed by atoms with Crippen LogP contribution in [0, 0.1) is 25.2 Å². The van der Waals surface area contributed by atoms with Crippen LogP contribution < -0.4 is 9.80 Å². The summed E-state index contributed by atoms with van der Waals surface area (Å²) in [5.74, 6) is 0. The van der Waals surface area contributed by atoms with Crippen LogP contribution in [0.3, 0.4) is 0 Å². The summed E-state index contributed by atoms with van der Waals surface area (Å²) < 4.78 is 12.7. The lowest BCUT2D eigenvalue weighted by Crippen LogP contribution is -2.51. The second-order valence-electron chi connectivity index (χ2n) is 10.6. The second kappa shape index (κ2) is 9.90. The average Bonchev–Trinajstić information content (AvgIpc) is 3.29. The molecule has 0 saturated carbocycles. The molecule has 1 unspecified atom stereocenters. The molecular formula is C29H34N6O2. The van der Waals surface area contributed by atoms with Crippen LogP contribution in [-0.4, -0.2) is 85.1 Å². The molecule has 37 heavy (non-hydrogen) atoms. The number of nitriles is 1. The molecule has 3 aromatic rings. The summed E-state index contributed by atoms with van der Waals surface area (Å²) in [5, 5.41) is 10.6. The molecule has 6 rings (SSSR count). The third-order valence-corrected chi connectivity index (χ3v) is 7.77. The monoisotopic (exact) mass is 498 g/mol. The molecule has 5 heterocycles. The summed E-state index contributed by atoms with van der Waals surface area (Å²) in [6.45, 7) is 12.3. The number of morpholine rings is 2. The van der Waals surface area contributed by atoms with E-state index in [9.17, 15) is 5.26 Å². The van der Waals surface area contributed by atoms with Gasteiger partial charge >= 0.3 is 0 Å². The molecule has 8 nitrogen and oxygen atoms in total. The van der Waals surface area contributed by atoms with E-state index in [-0.39, 0.29) is 18.3 Å². The predicted octanol–water partition coefficient (Wildman–Crippen LogP) is 3.30. The van der Waals surface area contributed by atoms with Crippen molar-refractivity contribution < 1.29 is 9.47 Å². The lowest BCUT2D eigenvalue weighted by Gasteiger charge is -2.40.